The third-order valence-corrected chi connectivity index (χ3v) is 4.71. The number of rotatable bonds is 6. The van der Waals surface area contributed by atoms with Crippen LogP contribution in [-0.4, -0.2) is 35.2 Å². The van der Waals surface area contributed by atoms with Gasteiger partial charge in [0, 0.05) is 11.1 Å². The van der Waals surface area contributed by atoms with Crippen LogP contribution in [0.4, 0.5) is 9.52 Å². The highest BCUT2D eigenvalue weighted by molar-refractivity contribution is 7.18. The summed E-state index contributed by atoms with van der Waals surface area (Å²) >= 11 is 1.21. The van der Waals surface area contributed by atoms with Gasteiger partial charge in [0.2, 0.25) is 11.0 Å². The number of aromatic nitrogens is 2. The van der Waals surface area contributed by atoms with Gasteiger partial charge in [-0.05, 0) is 49.4 Å². The van der Waals surface area contributed by atoms with Gasteiger partial charge in [0.1, 0.15) is 22.6 Å². The Bertz CT molecular complexity index is 991. The van der Waals surface area contributed by atoms with Gasteiger partial charge in [-0.2, -0.15) is 0 Å². The molecule has 0 bridgehead atoms. The normalized spacial score (nSPS) is 11.5. The van der Waals surface area contributed by atoms with Crippen molar-refractivity contribution < 1.29 is 18.7 Å². The maximum atomic E-state index is 13.2. The molecular formula is C19H17FN4O3S. The third-order valence-electron chi connectivity index (χ3n) is 3.82. The van der Waals surface area contributed by atoms with Crippen LogP contribution < -0.4 is 15.4 Å². The first-order valence-electron chi connectivity index (χ1n) is 8.31. The molecule has 144 valence electrons. The van der Waals surface area contributed by atoms with E-state index < -0.39 is 23.7 Å². The summed E-state index contributed by atoms with van der Waals surface area (Å²) in [6, 6.07) is 11.7. The van der Waals surface area contributed by atoms with Crippen LogP contribution in [0.1, 0.15) is 17.3 Å². The molecule has 3 aromatic rings. The molecule has 1 unspecified atom stereocenters. The fraction of sp³-hybridized carbons (Fsp3) is 0.158. The number of methoxy groups -OCH3 is 1. The Morgan fingerprint density at radius 3 is 2.57 bits per heavy atom. The molecule has 3 rings (SSSR count). The lowest BCUT2D eigenvalue weighted by Gasteiger charge is -2.12. The average Bonchev–Trinajstić information content (AvgIpc) is 3.16. The van der Waals surface area contributed by atoms with Crippen molar-refractivity contribution in [2.24, 2.45) is 0 Å². The first-order chi connectivity index (χ1) is 13.5. The van der Waals surface area contributed by atoms with Crippen molar-refractivity contribution in [1.29, 1.82) is 0 Å². The van der Waals surface area contributed by atoms with Gasteiger partial charge in [0.05, 0.1) is 7.11 Å². The zero-order chi connectivity index (χ0) is 20.1. The lowest BCUT2D eigenvalue weighted by Crippen LogP contribution is -2.41. The zero-order valence-electron chi connectivity index (χ0n) is 15.1. The van der Waals surface area contributed by atoms with Gasteiger partial charge in [-0.15, -0.1) is 10.2 Å². The van der Waals surface area contributed by atoms with E-state index in [4.69, 9.17) is 4.74 Å². The molecule has 1 heterocycles. The molecule has 0 fully saturated rings. The van der Waals surface area contributed by atoms with Crippen molar-refractivity contribution >= 4 is 28.3 Å². The molecule has 2 amide bonds. The standard InChI is InChI=1S/C19H17FN4O3S/c1-11(21-17(26)13-4-3-5-14(20)10-13)16(25)22-19-24-23-18(28-19)12-6-8-15(27-2)9-7-12/h3-11H,1-2H3,(H,21,26)(H,22,24,25). The Hall–Kier alpha value is -3.33. The second-order valence-corrected chi connectivity index (χ2v) is 6.81. The summed E-state index contributed by atoms with van der Waals surface area (Å²) in [6.07, 6.45) is 0. The van der Waals surface area contributed by atoms with Gasteiger partial charge in [0.25, 0.3) is 5.91 Å². The predicted octanol–water partition coefficient (Wildman–Crippen LogP) is 3.11. The first kappa shape index (κ1) is 19.4. The largest absolute Gasteiger partial charge is 0.497 e. The molecule has 0 saturated carbocycles. The monoisotopic (exact) mass is 400 g/mol. The topological polar surface area (TPSA) is 93.2 Å². The van der Waals surface area contributed by atoms with Gasteiger partial charge in [0.15, 0.2) is 0 Å². The Labute approximate surface area is 164 Å². The number of amides is 2. The fourth-order valence-corrected chi connectivity index (χ4v) is 3.06. The number of anilines is 1. The molecule has 0 aliphatic carbocycles. The summed E-state index contributed by atoms with van der Waals surface area (Å²) in [7, 11) is 1.59. The molecule has 2 aromatic carbocycles. The summed E-state index contributed by atoms with van der Waals surface area (Å²) in [6.45, 7) is 1.53. The minimum atomic E-state index is -0.843. The molecule has 9 heteroatoms. The minimum absolute atomic E-state index is 0.136. The van der Waals surface area contributed by atoms with E-state index in [1.807, 2.05) is 12.1 Å². The Balaban J connectivity index is 1.61. The number of nitrogens with zero attached hydrogens (tertiary/aromatic N) is 2. The van der Waals surface area contributed by atoms with Crippen molar-refractivity contribution in [3.05, 3.63) is 59.9 Å². The van der Waals surface area contributed by atoms with E-state index >= 15 is 0 Å². The molecule has 0 saturated heterocycles. The van der Waals surface area contributed by atoms with E-state index in [-0.39, 0.29) is 5.56 Å². The molecule has 2 N–H and O–H groups in total. The molecule has 1 atom stereocenters. The number of ether oxygens (including phenoxy) is 1. The molecule has 0 radical (unpaired) electrons. The summed E-state index contributed by atoms with van der Waals surface area (Å²) in [5, 5.41) is 14.1. The second-order valence-electron chi connectivity index (χ2n) is 5.84. The number of hydrogen-bond donors (Lipinski definition) is 2. The van der Waals surface area contributed by atoms with Crippen LogP contribution in [0, 0.1) is 5.82 Å². The highest BCUT2D eigenvalue weighted by atomic mass is 32.1. The molecule has 0 spiro atoms. The van der Waals surface area contributed by atoms with Crippen LogP contribution in [-0.2, 0) is 4.79 Å². The Kier molecular flexibility index (Phi) is 5.95. The third kappa shape index (κ3) is 4.68. The Morgan fingerprint density at radius 1 is 1.14 bits per heavy atom. The first-order valence-corrected chi connectivity index (χ1v) is 9.13. The summed E-state index contributed by atoms with van der Waals surface area (Å²) in [4.78, 5) is 24.4. The van der Waals surface area contributed by atoms with Crippen molar-refractivity contribution in [2.45, 2.75) is 13.0 Å². The van der Waals surface area contributed by atoms with E-state index in [0.29, 0.717) is 10.1 Å². The highest BCUT2D eigenvalue weighted by Crippen LogP contribution is 2.27. The van der Waals surface area contributed by atoms with Gasteiger partial charge < -0.3 is 10.1 Å². The molecule has 7 nitrogen and oxygen atoms in total. The maximum absolute atomic E-state index is 13.2. The van der Waals surface area contributed by atoms with Crippen LogP contribution >= 0.6 is 11.3 Å². The quantitative estimate of drug-likeness (QED) is 0.663. The van der Waals surface area contributed by atoms with Gasteiger partial charge in [-0.25, -0.2) is 4.39 Å². The maximum Gasteiger partial charge on any atom is 0.252 e. The molecule has 0 aliphatic heterocycles. The van der Waals surface area contributed by atoms with Crippen molar-refractivity contribution in [2.75, 3.05) is 12.4 Å². The zero-order valence-corrected chi connectivity index (χ0v) is 15.9. The summed E-state index contributed by atoms with van der Waals surface area (Å²) < 4.78 is 18.3. The molecule has 1 aromatic heterocycles. The van der Waals surface area contributed by atoms with E-state index in [2.05, 4.69) is 20.8 Å². The van der Waals surface area contributed by atoms with E-state index in [1.165, 1.54) is 36.5 Å². The van der Waals surface area contributed by atoms with Crippen LogP contribution in [0.15, 0.2) is 48.5 Å². The lowest BCUT2D eigenvalue weighted by molar-refractivity contribution is -0.117. The second kappa shape index (κ2) is 8.57. The smallest absolute Gasteiger partial charge is 0.252 e. The highest BCUT2D eigenvalue weighted by Gasteiger charge is 2.19. The number of nitrogens with one attached hydrogen (secondary N) is 2. The van der Waals surface area contributed by atoms with Crippen LogP contribution in [0.3, 0.4) is 0 Å². The van der Waals surface area contributed by atoms with Crippen LogP contribution in [0.25, 0.3) is 10.6 Å². The van der Waals surface area contributed by atoms with Gasteiger partial charge >= 0.3 is 0 Å². The van der Waals surface area contributed by atoms with Crippen LogP contribution in [0.2, 0.25) is 0 Å². The van der Waals surface area contributed by atoms with E-state index in [1.54, 1.807) is 19.2 Å². The number of halogens is 1. The minimum Gasteiger partial charge on any atom is -0.497 e. The molecular weight excluding hydrogens is 383 g/mol. The van der Waals surface area contributed by atoms with E-state index in [9.17, 15) is 14.0 Å². The number of hydrogen-bond acceptors (Lipinski definition) is 6. The van der Waals surface area contributed by atoms with Gasteiger partial charge in [-0.1, -0.05) is 17.4 Å². The fourth-order valence-electron chi connectivity index (χ4n) is 2.31. The predicted molar refractivity (Wildman–Crippen MR) is 104 cm³/mol. The number of benzene rings is 2. The Morgan fingerprint density at radius 2 is 1.89 bits per heavy atom. The molecule has 0 aliphatic rings. The lowest BCUT2D eigenvalue weighted by atomic mass is 10.2. The van der Waals surface area contributed by atoms with Crippen molar-refractivity contribution in [1.82, 2.24) is 15.5 Å². The van der Waals surface area contributed by atoms with Crippen molar-refractivity contribution in [3.63, 3.8) is 0 Å². The average molecular weight is 400 g/mol. The number of carbonyl (C=O) groups excluding carboxylic acids is 2. The SMILES string of the molecule is COc1ccc(-c2nnc(NC(=O)C(C)NC(=O)c3cccc(F)c3)s2)cc1. The van der Waals surface area contributed by atoms with E-state index in [0.717, 1.165) is 17.4 Å². The van der Waals surface area contributed by atoms with Crippen LogP contribution in [0.5, 0.6) is 5.75 Å². The summed E-state index contributed by atoms with van der Waals surface area (Å²) in [5.74, 6) is -0.796. The van der Waals surface area contributed by atoms with Crippen molar-refractivity contribution in [3.8, 4) is 16.3 Å². The molecule has 28 heavy (non-hydrogen) atoms. The van der Waals surface area contributed by atoms with Gasteiger partial charge in [-0.3, -0.25) is 14.9 Å². The number of carbonyl (C=O) groups is 2. The summed E-state index contributed by atoms with van der Waals surface area (Å²) in [5.41, 5.74) is 0.976.